The molecule has 0 saturated carbocycles. The minimum Gasteiger partial charge on any atom is -0.383 e. The van der Waals surface area contributed by atoms with Crippen LogP contribution in [0.4, 0.5) is 5.69 Å². The molecule has 152 valence electrons. The Morgan fingerprint density at radius 1 is 1.24 bits per heavy atom. The molecule has 1 N–H and O–H groups in total. The van der Waals surface area contributed by atoms with Gasteiger partial charge < -0.3 is 10.1 Å². The van der Waals surface area contributed by atoms with Crippen molar-refractivity contribution in [3.63, 3.8) is 0 Å². The summed E-state index contributed by atoms with van der Waals surface area (Å²) in [5.74, 6) is -0.000497. The van der Waals surface area contributed by atoms with Crippen LogP contribution in [0.15, 0.2) is 56.9 Å². The Kier molecular flexibility index (Phi) is 7.46. The summed E-state index contributed by atoms with van der Waals surface area (Å²) in [6.45, 7) is 2.83. The SMILES string of the molecule is CCc1ccc(NC(=O)CSc2nc3ccc(Br)cc3c(=O)n2CCOC)cc1. The van der Waals surface area contributed by atoms with Crippen molar-refractivity contribution in [3.8, 4) is 0 Å². The number of methoxy groups -OCH3 is 1. The maximum absolute atomic E-state index is 12.9. The van der Waals surface area contributed by atoms with Crippen molar-refractivity contribution in [1.82, 2.24) is 9.55 Å². The molecule has 0 aliphatic rings. The molecule has 0 spiro atoms. The van der Waals surface area contributed by atoms with E-state index in [0.29, 0.717) is 29.2 Å². The summed E-state index contributed by atoms with van der Waals surface area (Å²) in [6.07, 6.45) is 0.952. The second-order valence-electron chi connectivity index (χ2n) is 6.39. The molecule has 1 aromatic heterocycles. The summed E-state index contributed by atoms with van der Waals surface area (Å²) in [5, 5.41) is 3.91. The number of nitrogens with zero attached hydrogens (tertiary/aromatic N) is 2. The number of thioether (sulfide) groups is 1. The summed E-state index contributed by atoms with van der Waals surface area (Å²) in [6, 6.07) is 13.2. The van der Waals surface area contributed by atoms with Gasteiger partial charge in [-0.3, -0.25) is 14.2 Å². The maximum atomic E-state index is 12.9. The van der Waals surface area contributed by atoms with Crippen LogP contribution in [-0.4, -0.2) is 34.9 Å². The smallest absolute Gasteiger partial charge is 0.262 e. The largest absolute Gasteiger partial charge is 0.383 e. The quantitative estimate of drug-likeness (QED) is 0.392. The van der Waals surface area contributed by atoms with Crippen LogP contribution in [-0.2, 0) is 22.5 Å². The second-order valence-corrected chi connectivity index (χ2v) is 8.25. The molecule has 0 unspecified atom stereocenters. The number of halogens is 1. The number of hydrogen-bond acceptors (Lipinski definition) is 5. The van der Waals surface area contributed by atoms with Crippen LogP contribution < -0.4 is 10.9 Å². The van der Waals surface area contributed by atoms with Gasteiger partial charge in [0.05, 0.1) is 29.8 Å². The fourth-order valence-corrected chi connectivity index (χ4v) is 4.00. The number of carbonyl (C=O) groups is 1. The molecule has 0 aliphatic heterocycles. The molecule has 3 rings (SSSR count). The van der Waals surface area contributed by atoms with Crippen molar-refractivity contribution in [1.29, 1.82) is 0 Å². The third-order valence-electron chi connectivity index (χ3n) is 4.38. The molecule has 0 aliphatic carbocycles. The van der Waals surface area contributed by atoms with Crippen molar-refractivity contribution >= 4 is 50.2 Å². The molecule has 0 radical (unpaired) electrons. The summed E-state index contributed by atoms with van der Waals surface area (Å²) >= 11 is 4.63. The molecule has 0 bridgehead atoms. The predicted octanol–water partition coefficient (Wildman–Crippen LogP) is 4.10. The number of ether oxygens (including phenoxy) is 1. The molecular formula is C21H22BrN3O3S. The van der Waals surface area contributed by atoms with E-state index in [1.807, 2.05) is 30.3 Å². The second kappa shape index (κ2) is 10.0. The number of aromatic nitrogens is 2. The van der Waals surface area contributed by atoms with E-state index in [1.54, 1.807) is 23.8 Å². The monoisotopic (exact) mass is 475 g/mol. The lowest BCUT2D eigenvalue weighted by Gasteiger charge is -2.13. The zero-order valence-corrected chi connectivity index (χ0v) is 18.7. The fraction of sp³-hybridized carbons (Fsp3) is 0.286. The van der Waals surface area contributed by atoms with Crippen molar-refractivity contribution in [2.24, 2.45) is 0 Å². The molecule has 0 saturated heterocycles. The Bertz CT molecular complexity index is 1070. The first-order valence-electron chi connectivity index (χ1n) is 9.22. The van der Waals surface area contributed by atoms with Gasteiger partial charge in [-0.25, -0.2) is 4.98 Å². The zero-order valence-electron chi connectivity index (χ0n) is 16.3. The van der Waals surface area contributed by atoms with Crippen molar-refractivity contribution in [3.05, 3.63) is 62.9 Å². The number of aryl methyl sites for hydroxylation is 1. The lowest BCUT2D eigenvalue weighted by molar-refractivity contribution is -0.113. The lowest BCUT2D eigenvalue weighted by atomic mass is 10.1. The van der Waals surface area contributed by atoms with E-state index in [1.165, 1.54) is 17.3 Å². The van der Waals surface area contributed by atoms with E-state index in [9.17, 15) is 9.59 Å². The van der Waals surface area contributed by atoms with Crippen LogP contribution in [0.1, 0.15) is 12.5 Å². The number of benzene rings is 2. The van der Waals surface area contributed by atoms with Gasteiger partial charge in [-0.05, 0) is 42.3 Å². The van der Waals surface area contributed by atoms with Crippen LogP contribution in [0.2, 0.25) is 0 Å². The molecule has 0 fully saturated rings. The standard InChI is InChI=1S/C21H22BrN3O3S/c1-3-14-4-7-16(8-5-14)23-19(26)13-29-21-24-18-9-6-15(22)12-17(18)20(27)25(21)10-11-28-2/h4-9,12H,3,10-11,13H2,1-2H3,(H,23,26). The average molecular weight is 476 g/mol. The highest BCUT2D eigenvalue weighted by Crippen LogP contribution is 2.21. The van der Waals surface area contributed by atoms with Gasteiger partial charge in [0.25, 0.3) is 5.56 Å². The highest BCUT2D eigenvalue weighted by molar-refractivity contribution is 9.10. The van der Waals surface area contributed by atoms with Gasteiger partial charge in [-0.2, -0.15) is 0 Å². The van der Waals surface area contributed by atoms with E-state index in [0.717, 1.165) is 16.6 Å². The third-order valence-corrected chi connectivity index (χ3v) is 5.85. The van der Waals surface area contributed by atoms with Gasteiger partial charge in [-0.15, -0.1) is 0 Å². The summed E-state index contributed by atoms with van der Waals surface area (Å²) in [5.41, 5.74) is 2.42. The number of nitrogens with one attached hydrogen (secondary N) is 1. The number of amides is 1. The molecule has 6 nitrogen and oxygen atoms in total. The van der Waals surface area contributed by atoms with Crippen LogP contribution in [0, 0.1) is 0 Å². The van der Waals surface area contributed by atoms with Gasteiger partial charge in [0.15, 0.2) is 5.16 Å². The van der Waals surface area contributed by atoms with E-state index >= 15 is 0 Å². The molecule has 1 amide bonds. The zero-order chi connectivity index (χ0) is 20.8. The van der Waals surface area contributed by atoms with E-state index in [2.05, 4.69) is 33.2 Å². The Balaban J connectivity index is 1.79. The molecular weight excluding hydrogens is 454 g/mol. The first-order chi connectivity index (χ1) is 14.0. The normalized spacial score (nSPS) is 11.0. The Morgan fingerprint density at radius 2 is 2.00 bits per heavy atom. The highest BCUT2D eigenvalue weighted by atomic mass is 79.9. The van der Waals surface area contributed by atoms with Gasteiger partial charge in [0, 0.05) is 17.3 Å². The van der Waals surface area contributed by atoms with E-state index in [4.69, 9.17) is 4.74 Å². The molecule has 2 aromatic carbocycles. The number of fused-ring (bicyclic) bond motifs is 1. The number of hydrogen-bond donors (Lipinski definition) is 1. The molecule has 8 heteroatoms. The van der Waals surface area contributed by atoms with Gasteiger partial charge in [-0.1, -0.05) is 46.7 Å². The first kappa shape index (κ1) is 21.5. The molecule has 0 atom stereocenters. The minimum absolute atomic E-state index is 0.147. The lowest BCUT2D eigenvalue weighted by Crippen LogP contribution is -2.26. The van der Waals surface area contributed by atoms with E-state index in [-0.39, 0.29) is 17.2 Å². The van der Waals surface area contributed by atoms with Gasteiger partial charge in [0.1, 0.15) is 0 Å². The minimum atomic E-state index is -0.150. The van der Waals surface area contributed by atoms with Gasteiger partial charge in [0.2, 0.25) is 5.91 Å². The van der Waals surface area contributed by atoms with Crippen LogP contribution in [0.3, 0.4) is 0 Å². The summed E-state index contributed by atoms with van der Waals surface area (Å²) < 4.78 is 7.51. The predicted molar refractivity (Wildman–Crippen MR) is 121 cm³/mol. The van der Waals surface area contributed by atoms with Crippen LogP contribution in [0.5, 0.6) is 0 Å². The number of anilines is 1. The molecule has 1 heterocycles. The summed E-state index contributed by atoms with van der Waals surface area (Å²) in [7, 11) is 1.58. The summed E-state index contributed by atoms with van der Waals surface area (Å²) in [4.78, 5) is 29.9. The van der Waals surface area contributed by atoms with Gasteiger partial charge >= 0.3 is 0 Å². The van der Waals surface area contributed by atoms with Crippen molar-refractivity contribution in [2.45, 2.75) is 25.0 Å². The molecule has 3 aromatic rings. The number of carbonyl (C=O) groups excluding carboxylic acids is 1. The Hall–Kier alpha value is -2.16. The van der Waals surface area contributed by atoms with Crippen LogP contribution in [0.25, 0.3) is 10.9 Å². The van der Waals surface area contributed by atoms with Crippen LogP contribution >= 0.6 is 27.7 Å². The number of rotatable bonds is 8. The van der Waals surface area contributed by atoms with Crippen molar-refractivity contribution in [2.75, 3.05) is 24.8 Å². The Morgan fingerprint density at radius 3 is 2.69 bits per heavy atom. The highest BCUT2D eigenvalue weighted by Gasteiger charge is 2.14. The average Bonchev–Trinajstić information content (AvgIpc) is 2.73. The fourth-order valence-electron chi connectivity index (χ4n) is 2.81. The maximum Gasteiger partial charge on any atom is 0.262 e. The van der Waals surface area contributed by atoms with Crippen molar-refractivity contribution < 1.29 is 9.53 Å². The third kappa shape index (κ3) is 5.46. The Labute approximate surface area is 181 Å². The topological polar surface area (TPSA) is 73.2 Å². The molecule has 29 heavy (non-hydrogen) atoms. The first-order valence-corrected chi connectivity index (χ1v) is 11.0. The van der Waals surface area contributed by atoms with E-state index < -0.39 is 0 Å².